The lowest BCUT2D eigenvalue weighted by atomic mass is 10.2. The topological polar surface area (TPSA) is 50.9 Å². The third kappa shape index (κ3) is 5.87. The molecule has 0 amide bonds. The Morgan fingerprint density at radius 1 is 1.24 bits per heavy atom. The molecule has 1 saturated heterocycles. The second kappa shape index (κ2) is 8.82. The second-order valence-corrected chi connectivity index (χ2v) is 6.43. The molecule has 21 heavy (non-hydrogen) atoms. The van der Waals surface area contributed by atoms with Gasteiger partial charge in [-0.1, -0.05) is 17.7 Å². The first kappa shape index (κ1) is 16.0. The van der Waals surface area contributed by atoms with E-state index in [1.807, 2.05) is 23.9 Å². The Morgan fingerprint density at radius 2 is 1.95 bits per heavy atom. The first-order chi connectivity index (χ1) is 10.3. The third-order valence-electron chi connectivity index (χ3n) is 3.45. The summed E-state index contributed by atoms with van der Waals surface area (Å²) in [6.45, 7) is 5.64. The van der Waals surface area contributed by atoms with Crippen LogP contribution in [0.4, 0.5) is 0 Å². The molecular formula is C16H25N3OS. The highest BCUT2D eigenvalue weighted by molar-refractivity contribution is 7.99. The summed E-state index contributed by atoms with van der Waals surface area (Å²) < 4.78 is 5.69. The van der Waals surface area contributed by atoms with E-state index in [1.54, 1.807) is 0 Å². The maximum absolute atomic E-state index is 6.00. The van der Waals surface area contributed by atoms with Gasteiger partial charge in [0.2, 0.25) is 0 Å². The smallest absolute Gasteiger partial charge is 0.191 e. The molecule has 1 aromatic rings. The summed E-state index contributed by atoms with van der Waals surface area (Å²) in [6, 6.07) is 8.16. The number of nitrogens with zero attached hydrogens (tertiary/aromatic N) is 2. The minimum atomic E-state index is 0.703. The van der Waals surface area contributed by atoms with Gasteiger partial charge in [0.15, 0.2) is 5.96 Å². The lowest BCUT2D eigenvalue weighted by Crippen LogP contribution is -2.42. The molecule has 0 spiro atoms. The summed E-state index contributed by atoms with van der Waals surface area (Å²) >= 11 is 1.98. The van der Waals surface area contributed by atoms with Crippen LogP contribution in [0.1, 0.15) is 18.4 Å². The van der Waals surface area contributed by atoms with Gasteiger partial charge in [-0.3, -0.25) is 4.99 Å². The van der Waals surface area contributed by atoms with Crippen LogP contribution >= 0.6 is 11.8 Å². The Labute approximate surface area is 131 Å². The van der Waals surface area contributed by atoms with Gasteiger partial charge < -0.3 is 15.4 Å². The van der Waals surface area contributed by atoms with Gasteiger partial charge in [0.1, 0.15) is 5.75 Å². The van der Waals surface area contributed by atoms with Crippen LogP contribution in [0.5, 0.6) is 5.75 Å². The third-order valence-corrected chi connectivity index (χ3v) is 4.39. The minimum absolute atomic E-state index is 0.703. The Bertz CT molecular complexity index is 441. The highest BCUT2D eigenvalue weighted by Gasteiger charge is 2.11. The maximum Gasteiger partial charge on any atom is 0.191 e. The van der Waals surface area contributed by atoms with E-state index < -0.39 is 0 Å². The van der Waals surface area contributed by atoms with Crippen LogP contribution in [0.3, 0.4) is 0 Å². The van der Waals surface area contributed by atoms with Crippen LogP contribution in [0.2, 0.25) is 0 Å². The first-order valence-corrected chi connectivity index (χ1v) is 8.73. The number of hydrogen-bond acceptors (Lipinski definition) is 3. The monoisotopic (exact) mass is 307 g/mol. The van der Waals surface area contributed by atoms with E-state index in [9.17, 15) is 0 Å². The van der Waals surface area contributed by atoms with Gasteiger partial charge >= 0.3 is 0 Å². The van der Waals surface area contributed by atoms with Crippen molar-refractivity contribution in [1.82, 2.24) is 4.90 Å². The molecule has 116 valence electrons. The average Bonchev–Trinajstić information content (AvgIpc) is 2.53. The molecule has 0 radical (unpaired) electrons. The van der Waals surface area contributed by atoms with Crippen molar-refractivity contribution in [1.29, 1.82) is 0 Å². The van der Waals surface area contributed by atoms with E-state index in [1.165, 1.54) is 5.56 Å². The van der Waals surface area contributed by atoms with Crippen molar-refractivity contribution in [3.63, 3.8) is 0 Å². The van der Waals surface area contributed by atoms with Crippen molar-refractivity contribution >= 4 is 17.7 Å². The largest absolute Gasteiger partial charge is 0.494 e. The molecule has 2 N–H and O–H groups in total. The molecule has 0 aromatic heterocycles. The standard InChI is InChI=1S/C16H25N3OS/c1-14-4-6-15(7-5-14)20-11-3-2-8-18-16(17)19-9-12-21-13-10-19/h4-7H,2-3,8-13H2,1H3,(H2,17,18). The molecule has 1 heterocycles. The van der Waals surface area contributed by atoms with Crippen molar-refractivity contribution in [2.24, 2.45) is 10.7 Å². The van der Waals surface area contributed by atoms with Crippen molar-refractivity contribution in [2.45, 2.75) is 19.8 Å². The van der Waals surface area contributed by atoms with E-state index in [2.05, 4.69) is 28.9 Å². The summed E-state index contributed by atoms with van der Waals surface area (Å²) in [5, 5.41) is 0. The second-order valence-electron chi connectivity index (χ2n) is 5.21. The fourth-order valence-corrected chi connectivity index (χ4v) is 3.03. The normalized spacial score (nSPS) is 16.0. The number of benzene rings is 1. The number of guanidine groups is 1. The molecule has 5 heteroatoms. The van der Waals surface area contributed by atoms with Crippen LogP contribution in [-0.4, -0.2) is 48.6 Å². The molecule has 1 aromatic carbocycles. The number of aliphatic imine (C=N–C) groups is 1. The van der Waals surface area contributed by atoms with E-state index in [0.717, 1.165) is 56.3 Å². The Hall–Kier alpha value is -1.36. The summed E-state index contributed by atoms with van der Waals surface area (Å²) in [6.07, 6.45) is 2.01. The number of aryl methyl sites for hydroxylation is 1. The van der Waals surface area contributed by atoms with Crippen LogP contribution in [-0.2, 0) is 0 Å². The zero-order chi connectivity index (χ0) is 14.9. The molecule has 0 bridgehead atoms. The quantitative estimate of drug-likeness (QED) is 0.498. The van der Waals surface area contributed by atoms with Crippen molar-refractivity contribution < 1.29 is 4.74 Å². The van der Waals surface area contributed by atoms with Gasteiger partial charge in [0.25, 0.3) is 0 Å². The summed E-state index contributed by atoms with van der Waals surface area (Å²) in [5.41, 5.74) is 7.26. The Balaban J connectivity index is 1.57. The van der Waals surface area contributed by atoms with Gasteiger partial charge in [-0.2, -0.15) is 11.8 Å². The van der Waals surface area contributed by atoms with Gasteiger partial charge in [0, 0.05) is 31.1 Å². The van der Waals surface area contributed by atoms with Gasteiger partial charge in [-0.15, -0.1) is 0 Å². The van der Waals surface area contributed by atoms with E-state index in [4.69, 9.17) is 10.5 Å². The zero-order valence-corrected chi connectivity index (χ0v) is 13.6. The fraction of sp³-hybridized carbons (Fsp3) is 0.562. The van der Waals surface area contributed by atoms with Crippen LogP contribution in [0.15, 0.2) is 29.3 Å². The van der Waals surface area contributed by atoms with Crippen LogP contribution in [0.25, 0.3) is 0 Å². The predicted molar refractivity (Wildman–Crippen MR) is 91.3 cm³/mol. The Kier molecular flexibility index (Phi) is 6.73. The highest BCUT2D eigenvalue weighted by Crippen LogP contribution is 2.12. The van der Waals surface area contributed by atoms with Crippen LogP contribution < -0.4 is 10.5 Å². The number of nitrogens with two attached hydrogens (primary N) is 1. The van der Waals surface area contributed by atoms with Crippen molar-refractivity contribution in [3.8, 4) is 5.75 Å². The molecule has 1 aliphatic heterocycles. The molecule has 1 aliphatic rings. The lowest BCUT2D eigenvalue weighted by Gasteiger charge is -2.27. The van der Waals surface area contributed by atoms with Crippen molar-refractivity contribution in [3.05, 3.63) is 29.8 Å². The van der Waals surface area contributed by atoms with Crippen LogP contribution in [0, 0.1) is 6.92 Å². The van der Waals surface area contributed by atoms with Gasteiger partial charge in [0.05, 0.1) is 6.61 Å². The Morgan fingerprint density at radius 3 is 2.67 bits per heavy atom. The molecule has 2 rings (SSSR count). The van der Waals surface area contributed by atoms with Gasteiger partial charge in [-0.05, 0) is 31.9 Å². The summed E-state index contributed by atoms with van der Waals surface area (Å²) in [7, 11) is 0. The molecular weight excluding hydrogens is 282 g/mol. The number of hydrogen-bond donors (Lipinski definition) is 1. The van der Waals surface area contributed by atoms with Crippen molar-refractivity contribution in [2.75, 3.05) is 37.7 Å². The predicted octanol–water partition coefficient (Wildman–Crippen LogP) is 2.52. The van der Waals surface area contributed by atoms with E-state index >= 15 is 0 Å². The number of ether oxygens (including phenoxy) is 1. The minimum Gasteiger partial charge on any atom is -0.494 e. The van der Waals surface area contributed by atoms with E-state index in [-0.39, 0.29) is 0 Å². The molecule has 0 saturated carbocycles. The molecule has 0 aliphatic carbocycles. The maximum atomic E-state index is 6.00. The average molecular weight is 307 g/mol. The SMILES string of the molecule is Cc1ccc(OCCCCN=C(N)N2CCSCC2)cc1. The summed E-state index contributed by atoms with van der Waals surface area (Å²) in [4.78, 5) is 6.64. The number of unbranched alkanes of at least 4 members (excludes halogenated alkanes) is 1. The molecule has 0 unspecified atom stereocenters. The molecule has 4 nitrogen and oxygen atoms in total. The fourth-order valence-electron chi connectivity index (χ4n) is 2.12. The zero-order valence-electron chi connectivity index (χ0n) is 12.8. The molecule has 0 atom stereocenters. The van der Waals surface area contributed by atoms with Gasteiger partial charge in [-0.25, -0.2) is 0 Å². The van der Waals surface area contributed by atoms with E-state index in [0.29, 0.717) is 5.96 Å². The lowest BCUT2D eigenvalue weighted by molar-refractivity contribution is 0.307. The number of thioether (sulfide) groups is 1. The molecule has 1 fully saturated rings. The highest BCUT2D eigenvalue weighted by atomic mass is 32.2. The number of rotatable bonds is 6. The summed E-state index contributed by atoms with van der Waals surface area (Å²) in [5.74, 6) is 3.95. The first-order valence-electron chi connectivity index (χ1n) is 7.58.